The highest BCUT2D eigenvalue weighted by molar-refractivity contribution is 5.90. The first kappa shape index (κ1) is 23.0. The number of hydrogen-bond donors (Lipinski definition) is 1. The number of carboxylic acid groups (broad SMARTS) is 1. The maximum atomic E-state index is 12.5. The molecule has 0 saturated carbocycles. The van der Waals surface area contributed by atoms with Crippen molar-refractivity contribution < 1.29 is 24.2 Å². The lowest BCUT2D eigenvalue weighted by Gasteiger charge is -2.33. The third-order valence-electron chi connectivity index (χ3n) is 3.62. The molecule has 0 bridgehead atoms. The van der Waals surface area contributed by atoms with Gasteiger partial charge in [0.05, 0.1) is 5.92 Å². The lowest BCUT2D eigenvalue weighted by Crippen LogP contribution is -2.34. The van der Waals surface area contributed by atoms with Gasteiger partial charge in [0.25, 0.3) is 0 Å². The van der Waals surface area contributed by atoms with Crippen LogP contribution >= 0.6 is 0 Å². The van der Waals surface area contributed by atoms with E-state index in [1.807, 2.05) is 20.8 Å². The molecule has 0 rings (SSSR count). The van der Waals surface area contributed by atoms with E-state index in [1.54, 1.807) is 0 Å². The predicted octanol–water partition coefficient (Wildman–Crippen LogP) is 4.36. The molecule has 0 fully saturated rings. The largest absolute Gasteiger partial charge is 0.489 e. The molecular weight excluding hydrogens is 320 g/mol. The van der Waals surface area contributed by atoms with Gasteiger partial charge < -0.3 is 14.6 Å². The first-order chi connectivity index (χ1) is 11.3. The molecule has 0 heterocycles. The maximum Gasteiger partial charge on any atom is 0.339 e. The van der Waals surface area contributed by atoms with Gasteiger partial charge >= 0.3 is 11.9 Å². The average Bonchev–Trinajstić information content (AvgIpc) is 2.45. The topological polar surface area (TPSA) is 72.8 Å². The smallest absolute Gasteiger partial charge is 0.339 e. The van der Waals surface area contributed by atoms with Crippen molar-refractivity contribution in [1.29, 1.82) is 0 Å². The van der Waals surface area contributed by atoms with E-state index in [2.05, 4.69) is 33.9 Å². The second-order valence-electron chi connectivity index (χ2n) is 8.19. The van der Waals surface area contributed by atoms with Crippen molar-refractivity contribution in [2.75, 3.05) is 13.2 Å². The molecule has 0 aliphatic heterocycles. The van der Waals surface area contributed by atoms with Crippen LogP contribution in [0.25, 0.3) is 0 Å². The number of rotatable bonds is 9. The van der Waals surface area contributed by atoms with Gasteiger partial charge in [0.1, 0.15) is 24.5 Å². The Morgan fingerprint density at radius 2 is 1.52 bits per heavy atom. The molecule has 0 radical (unpaired) electrons. The predicted molar refractivity (Wildman–Crippen MR) is 99.0 cm³/mol. The summed E-state index contributed by atoms with van der Waals surface area (Å²) >= 11 is 0. The second kappa shape index (κ2) is 9.44. The lowest BCUT2D eigenvalue weighted by molar-refractivity contribution is -0.155. The molecule has 0 aromatic rings. The third-order valence-corrected chi connectivity index (χ3v) is 3.62. The van der Waals surface area contributed by atoms with Gasteiger partial charge in [-0.2, -0.15) is 0 Å². The van der Waals surface area contributed by atoms with E-state index in [4.69, 9.17) is 14.6 Å². The molecule has 25 heavy (non-hydrogen) atoms. The second-order valence-corrected chi connectivity index (χ2v) is 8.19. The van der Waals surface area contributed by atoms with E-state index in [1.165, 1.54) is 12.2 Å². The van der Waals surface area contributed by atoms with Crippen molar-refractivity contribution >= 4 is 11.9 Å². The molecule has 1 unspecified atom stereocenters. The molecule has 142 valence electrons. The quantitative estimate of drug-likeness (QED) is 0.219. The third kappa shape index (κ3) is 8.57. The van der Waals surface area contributed by atoms with Gasteiger partial charge in [-0.05, 0) is 23.3 Å². The van der Waals surface area contributed by atoms with Gasteiger partial charge in [-0.1, -0.05) is 60.8 Å². The van der Waals surface area contributed by atoms with Gasteiger partial charge in [0.2, 0.25) is 0 Å². The van der Waals surface area contributed by atoms with Gasteiger partial charge in [0, 0.05) is 0 Å². The normalized spacial score (nSPS) is 14.2. The summed E-state index contributed by atoms with van der Waals surface area (Å²) in [6.45, 7) is 19.4. The summed E-state index contributed by atoms with van der Waals surface area (Å²) in [5, 5.41) is 9.05. The summed E-state index contributed by atoms with van der Waals surface area (Å²) in [5.41, 5.74) is -0.287. The maximum absolute atomic E-state index is 12.5. The monoisotopic (exact) mass is 352 g/mol. The molecule has 0 aromatic heterocycles. The van der Waals surface area contributed by atoms with Crippen molar-refractivity contribution in [3.63, 3.8) is 0 Å². The summed E-state index contributed by atoms with van der Waals surface area (Å²) in [5.74, 6) is -1.55. The zero-order chi connectivity index (χ0) is 19.8. The Morgan fingerprint density at radius 1 is 1.00 bits per heavy atom. The number of carbonyl (C=O) groups excluding carboxylic acids is 1. The van der Waals surface area contributed by atoms with Gasteiger partial charge in [-0.25, -0.2) is 4.79 Å². The molecule has 1 N–H and O–H groups in total. The zero-order valence-electron chi connectivity index (χ0n) is 16.3. The van der Waals surface area contributed by atoms with Gasteiger partial charge in [-0.3, -0.25) is 4.79 Å². The van der Waals surface area contributed by atoms with Gasteiger partial charge in [-0.15, -0.1) is 0 Å². The molecule has 0 saturated heterocycles. The zero-order valence-corrected chi connectivity index (χ0v) is 16.3. The van der Waals surface area contributed by atoms with E-state index < -0.39 is 5.97 Å². The first-order valence-corrected chi connectivity index (χ1v) is 8.35. The molecule has 1 atom stereocenters. The number of aliphatic carboxylic acids is 1. The lowest BCUT2D eigenvalue weighted by atomic mass is 9.72. The van der Waals surface area contributed by atoms with Crippen LogP contribution in [0.5, 0.6) is 0 Å². The molecule has 0 amide bonds. The fourth-order valence-electron chi connectivity index (χ4n) is 2.29. The summed E-state index contributed by atoms with van der Waals surface area (Å²) in [6.07, 6.45) is 3.20. The Balaban J connectivity index is 4.80. The van der Waals surface area contributed by atoms with Crippen LogP contribution in [0.15, 0.2) is 36.6 Å². The van der Waals surface area contributed by atoms with Crippen molar-refractivity contribution in [3.8, 4) is 0 Å². The SMILES string of the molecule is C=C/C(OCCOC(=O)C(CC(C)(C)C)C(C)(C)C)=C(\C=C)C(=O)O. The summed E-state index contributed by atoms with van der Waals surface area (Å²) in [4.78, 5) is 23.5. The van der Waals surface area contributed by atoms with E-state index in [-0.39, 0.29) is 47.3 Å². The fourth-order valence-corrected chi connectivity index (χ4v) is 2.29. The highest BCUT2D eigenvalue weighted by atomic mass is 16.6. The number of ether oxygens (including phenoxy) is 2. The Morgan fingerprint density at radius 3 is 1.88 bits per heavy atom. The Kier molecular flexibility index (Phi) is 8.67. The van der Waals surface area contributed by atoms with Crippen molar-refractivity contribution in [1.82, 2.24) is 0 Å². The van der Waals surface area contributed by atoms with E-state index in [9.17, 15) is 9.59 Å². The molecule has 0 aliphatic rings. The van der Waals surface area contributed by atoms with Crippen LogP contribution in [0.2, 0.25) is 0 Å². The van der Waals surface area contributed by atoms with E-state index in [0.717, 1.165) is 0 Å². The molecule has 5 nitrogen and oxygen atoms in total. The average molecular weight is 352 g/mol. The number of hydrogen-bond acceptors (Lipinski definition) is 4. The van der Waals surface area contributed by atoms with Crippen molar-refractivity contribution in [2.24, 2.45) is 16.7 Å². The van der Waals surface area contributed by atoms with Crippen molar-refractivity contribution in [2.45, 2.75) is 48.0 Å². The van der Waals surface area contributed by atoms with Crippen LogP contribution in [0.3, 0.4) is 0 Å². The van der Waals surface area contributed by atoms with Crippen molar-refractivity contribution in [3.05, 3.63) is 36.6 Å². The molecular formula is C20H32O5. The minimum Gasteiger partial charge on any atom is -0.489 e. The van der Waals surface area contributed by atoms with Gasteiger partial charge in [0.15, 0.2) is 0 Å². The summed E-state index contributed by atoms with van der Waals surface area (Å²) < 4.78 is 10.7. The Labute approximate surface area is 151 Å². The van der Waals surface area contributed by atoms with E-state index in [0.29, 0.717) is 6.42 Å². The fraction of sp³-hybridized carbons (Fsp3) is 0.600. The molecule has 5 heteroatoms. The standard InChI is InChI=1S/C20H32O5/c1-9-14(17(21)22)16(10-2)24-11-12-25-18(23)15(20(6,7)8)13-19(3,4)5/h9-10,15H,1-2,11-13H2,3-8H3,(H,21,22)/b16-14-. The van der Waals surface area contributed by atoms with Crippen LogP contribution in [0.1, 0.15) is 48.0 Å². The van der Waals surface area contributed by atoms with Crippen LogP contribution in [0, 0.1) is 16.7 Å². The Hall–Kier alpha value is -2.04. The minimum atomic E-state index is -1.15. The highest BCUT2D eigenvalue weighted by Crippen LogP contribution is 2.36. The van der Waals surface area contributed by atoms with Crippen LogP contribution in [-0.2, 0) is 19.1 Å². The number of esters is 1. The molecule has 0 spiro atoms. The van der Waals surface area contributed by atoms with Crippen LogP contribution in [-0.4, -0.2) is 30.3 Å². The number of carboxylic acids is 1. The Bertz CT molecular complexity index is 529. The minimum absolute atomic E-state index is 0.00651. The summed E-state index contributed by atoms with van der Waals surface area (Å²) in [6, 6.07) is 0. The molecule has 0 aliphatic carbocycles. The highest BCUT2D eigenvalue weighted by Gasteiger charge is 2.35. The number of allylic oxidation sites excluding steroid dienone is 1. The van der Waals surface area contributed by atoms with Crippen LogP contribution < -0.4 is 0 Å². The first-order valence-electron chi connectivity index (χ1n) is 8.35. The van der Waals surface area contributed by atoms with Crippen LogP contribution in [0.4, 0.5) is 0 Å². The number of carbonyl (C=O) groups is 2. The van der Waals surface area contributed by atoms with E-state index >= 15 is 0 Å². The molecule has 0 aromatic carbocycles. The summed E-state index contributed by atoms with van der Waals surface area (Å²) in [7, 11) is 0.